The van der Waals surface area contributed by atoms with Gasteiger partial charge >= 0.3 is 0 Å². The number of hydrogen-bond donors (Lipinski definition) is 2. The van der Waals surface area contributed by atoms with Crippen molar-refractivity contribution < 1.29 is 4.39 Å². The molecule has 2 unspecified atom stereocenters. The van der Waals surface area contributed by atoms with Crippen LogP contribution in [0.2, 0.25) is 5.02 Å². The Morgan fingerprint density at radius 1 is 1.25 bits per heavy atom. The summed E-state index contributed by atoms with van der Waals surface area (Å²) in [7, 11) is 0. The van der Waals surface area contributed by atoms with Gasteiger partial charge < -0.3 is 5.73 Å². The first-order valence-electron chi connectivity index (χ1n) is 6.93. The minimum atomic E-state index is -0.424. The van der Waals surface area contributed by atoms with E-state index in [1.807, 2.05) is 0 Å². The maximum absolute atomic E-state index is 14.3. The number of nitrogens with zero attached hydrogens (tertiary/aromatic N) is 1. The Morgan fingerprint density at radius 3 is 2.75 bits per heavy atom. The van der Waals surface area contributed by atoms with Gasteiger partial charge in [-0.25, -0.2) is 4.39 Å². The van der Waals surface area contributed by atoms with Crippen LogP contribution in [0.4, 0.5) is 10.2 Å². The molecular weight excluding hydrogens is 277 g/mol. The van der Waals surface area contributed by atoms with Crippen LogP contribution in [0.15, 0.2) is 18.2 Å². The fourth-order valence-electron chi connectivity index (χ4n) is 3.60. The van der Waals surface area contributed by atoms with Crippen molar-refractivity contribution in [1.82, 2.24) is 10.2 Å². The number of nitrogen functional groups attached to an aromatic ring is 1. The molecule has 0 spiro atoms. The Balaban J connectivity index is 1.81. The molecule has 3 N–H and O–H groups in total. The van der Waals surface area contributed by atoms with Crippen LogP contribution in [0, 0.1) is 17.7 Å². The molecule has 20 heavy (non-hydrogen) atoms. The fourth-order valence-corrected chi connectivity index (χ4v) is 3.77. The van der Waals surface area contributed by atoms with Crippen molar-refractivity contribution in [1.29, 1.82) is 0 Å². The van der Waals surface area contributed by atoms with Crippen molar-refractivity contribution >= 4 is 17.4 Å². The van der Waals surface area contributed by atoms with E-state index >= 15 is 0 Å². The number of rotatable bonds is 2. The van der Waals surface area contributed by atoms with Crippen molar-refractivity contribution in [2.45, 2.75) is 25.2 Å². The third kappa shape index (κ3) is 1.74. The third-order valence-corrected chi connectivity index (χ3v) is 4.99. The van der Waals surface area contributed by atoms with Crippen molar-refractivity contribution in [2.24, 2.45) is 11.8 Å². The van der Waals surface area contributed by atoms with E-state index < -0.39 is 5.82 Å². The lowest BCUT2D eigenvalue weighted by atomic mass is 9.93. The Kier molecular flexibility index (Phi) is 2.58. The van der Waals surface area contributed by atoms with Crippen LogP contribution in [0.3, 0.4) is 0 Å². The quantitative estimate of drug-likeness (QED) is 0.880. The molecule has 1 aromatic carbocycles. The van der Waals surface area contributed by atoms with Gasteiger partial charge in [-0.15, -0.1) is 0 Å². The molecule has 2 aliphatic carbocycles. The second-order valence-electron chi connectivity index (χ2n) is 5.92. The molecule has 2 atom stereocenters. The number of halogens is 2. The molecule has 0 aliphatic heterocycles. The minimum absolute atomic E-state index is 0.114. The van der Waals surface area contributed by atoms with Gasteiger partial charge in [0, 0.05) is 22.7 Å². The van der Waals surface area contributed by atoms with E-state index in [9.17, 15) is 4.39 Å². The molecule has 104 valence electrons. The molecule has 5 heteroatoms. The largest absolute Gasteiger partial charge is 0.382 e. The predicted octanol–water partition coefficient (Wildman–Crippen LogP) is 3.96. The Bertz CT molecular complexity index is 672. The van der Waals surface area contributed by atoms with E-state index in [2.05, 4.69) is 10.2 Å². The topological polar surface area (TPSA) is 54.7 Å². The molecule has 2 saturated carbocycles. The highest BCUT2D eigenvalue weighted by Gasteiger charge is 2.47. The van der Waals surface area contributed by atoms with Crippen LogP contribution < -0.4 is 5.73 Å². The zero-order valence-electron chi connectivity index (χ0n) is 10.9. The number of fused-ring (bicyclic) bond motifs is 1. The van der Waals surface area contributed by atoms with Gasteiger partial charge in [-0.1, -0.05) is 23.7 Å². The Labute approximate surface area is 121 Å². The summed E-state index contributed by atoms with van der Waals surface area (Å²) >= 11 is 5.88. The van der Waals surface area contributed by atoms with Crippen LogP contribution in [0.25, 0.3) is 11.1 Å². The van der Waals surface area contributed by atoms with Crippen LogP contribution in [0.5, 0.6) is 0 Å². The first-order valence-corrected chi connectivity index (χ1v) is 7.31. The number of nitrogens with two attached hydrogens (primary N) is 1. The highest BCUT2D eigenvalue weighted by atomic mass is 35.5. The molecule has 0 bridgehead atoms. The maximum Gasteiger partial charge on any atom is 0.153 e. The number of aromatic nitrogens is 2. The van der Waals surface area contributed by atoms with Gasteiger partial charge in [0.2, 0.25) is 0 Å². The van der Waals surface area contributed by atoms with E-state index in [1.165, 1.54) is 6.42 Å². The van der Waals surface area contributed by atoms with Gasteiger partial charge in [0.1, 0.15) is 5.82 Å². The Hall–Kier alpha value is -1.55. The SMILES string of the molecule is Nc1n[nH]c(C2CC3CC3C2)c1-c1cccc(Cl)c1F. The van der Waals surface area contributed by atoms with Crippen LogP contribution >= 0.6 is 11.6 Å². The summed E-state index contributed by atoms with van der Waals surface area (Å²) in [6.07, 6.45) is 3.66. The summed E-state index contributed by atoms with van der Waals surface area (Å²) in [5.41, 5.74) is 8.06. The van der Waals surface area contributed by atoms with E-state index in [4.69, 9.17) is 17.3 Å². The lowest BCUT2D eigenvalue weighted by Crippen LogP contribution is -2.00. The maximum atomic E-state index is 14.3. The molecule has 4 rings (SSSR count). The molecule has 2 fully saturated rings. The van der Waals surface area contributed by atoms with Crippen LogP contribution in [0.1, 0.15) is 30.9 Å². The molecule has 0 radical (unpaired) electrons. The number of aromatic amines is 1. The average molecular weight is 292 g/mol. The van der Waals surface area contributed by atoms with Crippen molar-refractivity contribution in [3.63, 3.8) is 0 Å². The number of H-pyrrole nitrogens is 1. The molecule has 1 heterocycles. The lowest BCUT2D eigenvalue weighted by Gasteiger charge is -2.13. The molecule has 2 aliphatic rings. The first kappa shape index (κ1) is 12.2. The summed E-state index contributed by atoms with van der Waals surface area (Å²) in [5.74, 6) is 2.04. The number of benzene rings is 1. The second kappa shape index (κ2) is 4.22. The van der Waals surface area contributed by atoms with Crippen molar-refractivity contribution in [2.75, 3.05) is 5.73 Å². The van der Waals surface area contributed by atoms with Crippen molar-refractivity contribution in [3.8, 4) is 11.1 Å². The zero-order chi connectivity index (χ0) is 13.9. The normalized spacial score (nSPS) is 27.6. The fraction of sp³-hybridized carbons (Fsp3) is 0.400. The summed E-state index contributed by atoms with van der Waals surface area (Å²) in [5, 5.41) is 7.22. The standard InChI is InChI=1S/C15H15ClFN3/c16-11-3-1-2-10(13(11)17)12-14(19-20-15(12)18)9-5-7-4-8(7)6-9/h1-3,7-9H,4-6H2,(H3,18,19,20). The van der Waals surface area contributed by atoms with Gasteiger partial charge in [-0.05, 0) is 37.2 Å². The lowest BCUT2D eigenvalue weighted by molar-refractivity contribution is 0.605. The van der Waals surface area contributed by atoms with E-state index in [0.29, 0.717) is 22.9 Å². The number of anilines is 1. The van der Waals surface area contributed by atoms with Gasteiger partial charge in [0.15, 0.2) is 5.82 Å². The average Bonchev–Trinajstić information content (AvgIpc) is 2.86. The van der Waals surface area contributed by atoms with E-state index in [-0.39, 0.29) is 5.02 Å². The highest BCUT2D eigenvalue weighted by molar-refractivity contribution is 6.31. The first-order chi connectivity index (χ1) is 9.65. The zero-order valence-corrected chi connectivity index (χ0v) is 11.6. The van der Waals surface area contributed by atoms with Crippen molar-refractivity contribution in [3.05, 3.63) is 34.7 Å². The summed E-state index contributed by atoms with van der Waals surface area (Å²) in [6.45, 7) is 0. The molecular formula is C15H15ClFN3. The van der Waals surface area contributed by atoms with Gasteiger partial charge in [-0.3, -0.25) is 5.10 Å². The van der Waals surface area contributed by atoms with Gasteiger partial charge in [0.05, 0.1) is 5.02 Å². The van der Waals surface area contributed by atoms with E-state index in [0.717, 1.165) is 30.4 Å². The van der Waals surface area contributed by atoms with Gasteiger partial charge in [-0.2, -0.15) is 5.10 Å². The summed E-state index contributed by atoms with van der Waals surface area (Å²) in [4.78, 5) is 0. The monoisotopic (exact) mass is 291 g/mol. The predicted molar refractivity (Wildman–Crippen MR) is 77.0 cm³/mol. The molecule has 3 nitrogen and oxygen atoms in total. The second-order valence-corrected chi connectivity index (χ2v) is 6.33. The minimum Gasteiger partial charge on any atom is -0.382 e. The number of hydrogen-bond acceptors (Lipinski definition) is 2. The summed E-state index contributed by atoms with van der Waals surface area (Å²) in [6, 6.07) is 4.99. The highest BCUT2D eigenvalue weighted by Crippen LogP contribution is 2.58. The summed E-state index contributed by atoms with van der Waals surface area (Å²) < 4.78 is 14.3. The van der Waals surface area contributed by atoms with Gasteiger partial charge in [0.25, 0.3) is 0 Å². The van der Waals surface area contributed by atoms with Crippen LogP contribution in [-0.4, -0.2) is 10.2 Å². The molecule has 0 amide bonds. The van der Waals surface area contributed by atoms with E-state index in [1.54, 1.807) is 18.2 Å². The molecule has 0 saturated heterocycles. The molecule has 2 aromatic rings. The number of nitrogens with one attached hydrogen (secondary N) is 1. The smallest absolute Gasteiger partial charge is 0.153 e. The molecule has 1 aromatic heterocycles. The Morgan fingerprint density at radius 2 is 2.00 bits per heavy atom. The van der Waals surface area contributed by atoms with Crippen LogP contribution in [-0.2, 0) is 0 Å². The third-order valence-electron chi connectivity index (χ3n) is 4.70.